The van der Waals surface area contributed by atoms with Crippen molar-refractivity contribution >= 4 is 25.1 Å². The molecular formula is C34H50N3O5P. The monoisotopic (exact) mass is 611 g/mol. The number of nitrogens with zero attached hydrogens (tertiary/aromatic N) is 1. The Morgan fingerprint density at radius 2 is 1.60 bits per heavy atom. The Hall–Kier alpha value is -2.96. The summed E-state index contributed by atoms with van der Waals surface area (Å²) >= 11 is 0. The van der Waals surface area contributed by atoms with Gasteiger partial charge in [0.1, 0.15) is 5.78 Å². The summed E-state index contributed by atoms with van der Waals surface area (Å²) in [5, 5.41) is 5.75. The first-order chi connectivity index (χ1) is 20.6. The van der Waals surface area contributed by atoms with Crippen LogP contribution in [0.5, 0.6) is 0 Å². The van der Waals surface area contributed by atoms with Crippen LogP contribution in [-0.4, -0.2) is 59.1 Å². The second-order valence-electron chi connectivity index (χ2n) is 12.0. The molecule has 2 aromatic rings. The van der Waals surface area contributed by atoms with Crippen LogP contribution in [0.15, 0.2) is 54.6 Å². The lowest BCUT2D eigenvalue weighted by Gasteiger charge is -2.27. The normalized spacial score (nSPS) is 16.5. The highest BCUT2D eigenvalue weighted by Gasteiger charge is 2.36. The Balaban J connectivity index is 1.71. The zero-order valence-electron chi connectivity index (χ0n) is 26.1. The maximum Gasteiger partial charge on any atom is 0.253 e. The Bertz CT molecular complexity index is 1230. The largest absolute Gasteiger partial charge is 0.356 e. The van der Waals surface area contributed by atoms with Gasteiger partial charge in [-0.15, -0.1) is 0 Å². The van der Waals surface area contributed by atoms with Gasteiger partial charge in [0, 0.05) is 49.3 Å². The molecule has 0 spiro atoms. The Morgan fingerprint density at radius 3 is 2.26 bits per heavy atom. The Kier molecular flexibility index (Phi) is 13.9. The highest BCUT2D eigenvalue weighted by Crippen LogP contribution is 2.48. The molecule has 1 saturated carbocycles. The van der Waals surface area contributed by atoms with Crippen LogP contribution in [0, 0.1) is 11.8 Å². The van der Waals surface area contributed by atoms with Crippen LogP contribution in [0.2, 0.25) is 0 Å². The third-order valence-electron chi connectivity index (χ3n) is 8.26. The summed E-state index contributed by atoms with van der Waals surface area (Å²) in [5.74, 6) is -2.08. The molecule has 8 nitrogen and oxygen atoms in total. The minimum absolute atomic E-state index is 0.135. The van der Waals surface area contributed by atoms with Gasteiger partial charge in [-0.05, 0) is 48.9 Å². The van der Waals surface area contributed by atoms with E-state index in [0.717, 1.165) is 24.8 Å². The van der Waals surface area contributed by atoms with Gasteiger partial charge in [0.05, 0.1) is 0 Å². The van der Waals surface area contributed by atoms with E-state index in [0.29, 0.717) is 31.1 Å². The number of benzene rings is 2. The lowest BCUT2D eigenvalue weighted by Crippen LogP contribution is -2.39. The van der Waals surface area contributed by atoms with Crippen LogP contribution < -0.4 is 10.6 Å². The molecule has 0 bridgehead atoms. The molecule has 0 radical (unpaired) electrons. The van der Waals surface area contributed by atoms with E-state index in [1.807, 2.05) is 44.2 Å². The number of nitrogens with one attached hydrogen (secondary N) is 2. The van der Waals surface area contributed by atoms with E-state index in [9.17, 15) is 23.8 Å². The number of amides is 3. The molecule has 2 aromatic carbocycles. The fourth-order valence-corrected chi connectivity index (χ4v) is 7.87. The van der Waals surface area contributed by atoms with E-state index in [2.05, 4.69) is 10.6 Å². The summed E-state index contributed by atoms with van der Waals surface area (Å²) in [6, 6.07) is 15.7. The van der Waals surface area contributed by atoms with Crippen molar-refractivity contribution in [2.24, 2.45) is 11.8 Å². The van der Waals surface area contributed by atoms with Crippen molar-refractivity contribution in [3.05, 3.63) is 71.3 Å². The highest BCUT2D eigenvalue weighted by molar-refractivity contribution is 7.58. The molecule has 0 aromatic heterocycles. The quantitative estimate of drug-likeness (QED) is 0.194. The molecule has 43 heavy (non-hydrogen) atoms. The summed E-state index contributed by atoms with van der Waals surface area (Å²) in [4.78, 5) is 52.6. The van der Waals surface area contributed by atoms with E-state index < -0.39 is 25.0 Å². The average molecular weight is 612 g/mol. The molecule has 3 atom stereocenters. The van der Waals surface area contributed by atoms with Gasteiger partial charge in [0.15, 0.2) is 0 Å². The number of carbonyl (C=O) groups is 3. The summed E-state index contributed by atoms with van der Waals surface area (Å²) in [5.41, 5.74) is 1.44. The van der Waals surface area contributed by atoms with E-state index in [1.54, 1.807) is 36.1 Å². The number of carbonyl (C=O) groups excluding carboxylic acids is 3. The molecule has 1 aliphatic carbocycles. The standard InChI is InChI=1S/C34H50N3O5P/c1-4-21-37(22-5-2)34(40)30-18-12-17-29(24-30)33(39)36-31(23-28-15-10-7-11-16-28)43(41,42)25-26(3)32(38)35-20-19-27-13-8-6-9-14-27/h7,10-12,15-18,24,26-27,31H,4-6,8-9,13-14,19-23,25H2,1-3H3,(H,35,38)(H,36,39)(H,41,42)/t26?,31-/m1/s1. The van der Waals surface area contributed by atoms with Gasteiger partial charge >= 0.3 is 0 Å². The van der Waals surface area contributed by atoms with E-state index in [4.69, 9.17) is 0 Å². The molecule has 3 amide bonds. The topological polar surface area (TPSA) is 116 Å². The lowest BCUT2D eigenvalue weighted by molar-refractivity contribution is -0.123. The van der Waals surface area contributed by atoms with E-state index in [-0.39, 0.29) is 30.0 Å². The van der Waals surface area contributed by atoms with Gasteiger partial charge in [-0.1, -0.05) is 89.3 Å². The Morgan fingerprint density at radius 1 is 0.953 bits per heavy atom. The van der Waals surface area contributed by atoms with Gasteiger partial charge < -0.3 is 20.4 Å². The zero-order valence-corrected chi connectivity index (χ0v) is 27.0. The minimum atomic E-state index is -4.04. The molecule has 0 aliphatic heterocycles. The van der Waals surface area contributed by atoms with Crippen LogP contribution >= 0.6 is 7.37 Å². The molecule has 9 heteroatoms. The molecule has 0 heterocycles. The Labute approximate surface area is 257 Å². The van der Waals surface area contributed by atoms with Crippen molar-refractivity contribution in [1.29, 1.82) is 0 Å². The average Bonchev–Trinajstić information content (AvgIpc) is 3.01. The first kappa shape index (κ1) is 34.5. The van der Waals surface area contributed by atoms with E-state index in [1.165, 1.54) is 32.1 Å². The molecule has 3 N–H and O–H groups in total. The first-order valence-electron chi connectivity index (χ1n) is 16.0. The second kappa shape index (κ2) is 17.4. The zero-order chi connectivity index (χ0) is 31.2. The third kappa shape index (κ3) is 10.9. The van der Waals surface area contributed by atoms with Gasteiger partial charge in [0.25, 0.3) is 11.8 Å². The second-order valence-corrected chi connectivity index (χ2v) is 14.5. The maximum atomic E-state index is 13.8. The van der Waals surface area contributed by atoms with Crippen molar-refractivity contribution in [2.75, 3.05) is 25.8 Å². The molecule has 2 unspecified atom stereocenters. The number of rotatable bonds is 16. The summed E-state index contributed by atoms with van der Waals surface area (Å²) in [6.45, 7) is 7.51. The van der Waals surface area contributed by atoms with Crippen molar-refractivity contribution in [1.82, 2.24) is 15.5 Å². The minimum Gasteiger partial charge on any atom is -0.356 e. The third-order valence-corrected chi connectivity index (χ3v) is 10.6. The van der Waals surface area contributed by atoms with Crippen LogP contribution in [0.3, 0.4) is 0 Å². The fourth-order valence-electron chi connectivity index (χ4n) is 5.85. The first-order valence-corrected chi connectivity index (χ1v) is 17.9. The maximum absolute atomic E-state index is 13.8. The van der Waals surface area contributed by atoms with Crippen LogP contribution in [-0.2, 0) is 15.8 Å². The fraction of sp³-hybridized carbons (Fsp3) is 0.559. The van der Waals surface area contributed by atoms with Crippen molar-refractivity contribution in [3.63, 3.8) is 0 Å². The number of hydrogen-bond acceptors (Lipinski definition) is 4. The SMILES string of the molecule is CCCN(CCC)C(=O)c1cccc(C(=O)N[C@@H](Cc2ccccc2)P(=O)(O)CC(C)C(=O)NCCC2CCCCC2)c1. The number of hydrogen-bond donors (Lipinski definition) is 3. The van der Waals surface area contributed by atoms with Crippen molar-refractivity contribution in [3.8, 4) is 0 Å². The highest BCUT2D eigenvalue weighted by atomic mass is 31.2. The van der Waals surface area contributed by atoms with Crippen LogP contribution in [0.25, 0.3) is 0 Å². The van der Waals surface area contributed by atoms with Gasteiger partial charge in [-0.3, -0.25) is 18.9 Å². The van der Waals surface area contributed by atoms with Gasteiger partial charge in [-0.2, -0.15) is 0 Å². The molecule has 1 fully saturated rings. The van der Waals surface area contributed by atoms with E-state index >= 15 is 0 Å². The lowest BCUT2D eigenvalue weighted by atomic mass is 9.87. The van der Waals surface area contributed by atoms with Gasteiger partial charge in [0.2, 0.25) is 13.3 Å². The predicted octanol–water partition coefficient (Wildman–Crippen LogP) is 6.24. The molecule has 236 valence electrons. The predicted molar refractivity (Wildman–Crippen MR) is 172 cm³/mol. The van der Waals surface area contributed by atoms with Crippen molar-refractivity contribution < 1.29 is 23.8 Å². The molecule has 0 saturated heterocycles. The molecule has 3 rings (SSSR count). The summed E-state index contributed by atoms with van der Waals surface area (Å²) < 4.78 is 13.8. The van der Waals surface area contributed by atoms with Crippen molar-refractivity contribution in [2.45, 2.75) is 84.3 Å². The summed E-state index contributed by atoms with van der Waals surface area (Å²) in [6.07, 6.45) is 8.64. The van der Waals surface area contributed by atoms with Gasteiger partial charge in [-0.25, -0.2) is 0 Å². The molecule has 1 aliphatic rings. The smallest absolute Gasteiger partial charge is 0.253 e. The molecular weight excluding hydrogens is 561 g/mol. The summed E-state index contributed by atoms with van der Waals surface area (Å²) in [7, 11) is -4.04. The van der Waals surface area contributed by atoms with Crippen LogP contribution in [0.4, 0.5) is 0 Å². The van der Waals surface area contributed by atoms with Crippen LogP contribution in [0.1, 0.15) is 98.4 Å².